The van der Waals surface area contributed by atoms with Gasteiger partial charge in [-0.2, -0.15) is 5.10 Å². The quantitative estimate of drug-likeness (QED) is 0.769. The summed E-state index contributed by atoms with van der Waals surface area (Å²) in [5, 5.41) is 4.49. The Kier molecular flexibility index (Phi) is 2.54. The lowest BCUT2D eigenvalue weighted by Gasteiger charge is -2.08. The normalized spacial score (nSPS) is 10.3. The Labute approximate surface area is 96.6 Å². The average molecular weight is 237 g/mol. The van der Waals surface area contributed by atoms with E-state index in [1.807, 2.05) is 0 Å². The number of aromatic nitrogens is 2. The summed E-state index contributed by atoms with van der Waals surface area (Å²) in [6, 6.07) is 4.97. The first-order valence-electron chi connectivity index (χ1n) is 4.48. The van der Waals surface area contributed by atoms with E-state index in [-0.39, 0.29) is 11.3 Å². The highest BCUT2D eigenvalue weighted by atomic mass is 35.5. The van der Waals surface area contributed by atoms with Gasteiger partial charge in [-0.3, -0.25) is 4.79 Å². The Bertz CT molecular complexity index is 550. The van der Waals surface area contributed by atoms with Crippen LogP contribution in [0.2, 0.25) is 5.02 Å². The number of primary amides is 1. The summed E-state index contributed by atoms with van der Waals surface area (Å²) in [6.45, 7) is 0. The van der Waals surface area contributed by atoms with Crippen LogP contribution in [0.3, 0.4) is 0 Å². The molecule has 1 aromatic heterocycles. The Morgan fingerprint density at radius 3 is 2.75 bits per heavy atom. The van der Waals surface area contributed by atoms with Crippen LogP contribution in [-0.2, 0) is 0 Å². The van der Waals surface area contributed by atoms with Crippen LogP contribution >= 0.6 is 11.6 Å². The fraction of sp³-hybridized carbons (Fsp3) is 0. The van der Waals surface area contributed by atoms with Crippen molar-refractivity contribution in [2.75, 3.05) is 5.73 Å². The van der Waals surface area contributed by atoms with E-state index in [9.17, 15) is 4.79 Å². The van der Waals surface area contributed by atoms with Crippen LogP contribution in [0, 0.1) is 0 Å². The van der Waals surface area contributed by atoms with Gasteiger partial charge < -0.3 is 11.5 Å². The van der Waals surface area contributed by atoms with Crippen molar-refractivity contribution in [3.8, 4) is 5.69 Å². The number of anilines is 1. The van der Waals surface area contributed by atoms with Crippen LogP contribution < -0.4 is 11.5 Å². The number of nitrogens with two attached hydrogens (primary N) is 2. The molecule has 0 atom stereocenters. The lowest BCUT2D eigenvalue weighted by molar-refractivity contribution is 0.100. The zero-order valence-corrected chi connectivity index (χ0v) is 8.98. The van der Waals surface area contributed by atoms with Gasteiger partial charge in [-0.15, -0.1) is 0 Å². The summed E-state index contributed by atoms with van der Waals surface area (Å²) in [5.41, 5.74) is 12.1. The molecule has 0 saturated heterocycles. The smallest absolute Gasteiger partial charge is 0.250 e. The number of para-hydroxylation sites is 1. The summed E-state index contributed by atoms with van der Waals surface area (Å²) in [6.07, 6.45) is 3.08. The molecule has 2 rings (SSSR count). The number of rotatable bonds is 2. The Hall–Kier alpha value is -2.01. The maximum absolute atomic E-state index is 11.1. The minimum absolute atomic E-state index is 0.268. The molecule has 2 aromatic rings. The molecule has 1 aromatic carbocycles. The number of benzene rings is 1. The van der Waals surface area contributed by atoms with Gasteiger partial charge in [0.2, 0.25) is 0 Å². The summed E-state index contributed by atoms with van der Waals surface area (Å²) >= 11 is 5.75. The summed E-state index contributed by atoms with van der Waals surface area (Å²) in [7, 11) is 0. The van der Waals surface area contributed by atoms with E-state index in [1.165, 1.54) is 10.9 Å². The number of nitrogen functional groups attached to an aromatic ring is 1. The van der Waals surface area contributed by atoms with Crippen molar-refractivity contribution in [3.05, 3.63) is 41.2 Å². The highest BCUT2D eigenvalue weighted by molar-refractivity contribution is 6.30. The lowest BCUT2D eigenvalue weighted by atomic mass is 10.1. The second-order valence-electron chi connectivity index (χ2n) is 3.21. The van der Waals surface area contributed by atoms with Crippen molar-refractivity contribution >= 4 is 23.2 Å². The van der Waals surface area contributed by atoms with E-state index in [0.717, 1.165) is 0 Å². The molecular weight excluding hydrogens is 228 g/mol. The third kappa shape index (κ3) is 1.72. The number of hydrogen-bond acceptors (Lipinski definition) is 3. The number of carbonyl (C=O) groups excluding carboxylic acids is 1. The maximum Gasteiger partial charge on any atom is 0.250 e. The first-order chi connectivity index (χ1) is 7.59. The van der Waals surface area contributed by atoms with Crippen molar-refractivity contribution in [1.29, 1.82) is 0 Å². The predicted octanol–water partition coefficient (Wildman–Crippen LogP) is 1.21. The molecule has 1 heterocycles. The van der Waals surface area contributed by atoms with E-state index >= 15 is 0 Å². The molecule has 0 aliphatic carbocycles. The van der Waals surface area contributed by atoms with Crippen LogP contribution in [0.5, 0.6) is 0 Å². The van der Waals surface area contributed by atoms with Gasteiger partial charge in [0.1, 0.15) is 0 Å². The SMILES string of the molecule is NC(=O)c1cccc(-n2cc(Cl)cn2)c1N. The fourth-order valence-corrected chi connectivity index (χ4v) is 1.54. The molecule has 6 heteroatoms. The molecule has 0 aliphatic rings. The van der Waals surface area contributed by atoms with Gasteiger partial charge in [-0.25, -0.2) is 4.68 Å². The molecule has 5 nitrogen and oxygen atoms in total. The standard InChI is InChI=1S/C10H9ClN4O/c11-6-4-14-15(5-6)8-3-1-2-7(9(8)12)10(13)16/h1-5H,12H2,(H2,13,16). The van der Waals surface area contributed by atoms with Crippen molar-refractivity contribution < 1.29 is 4.79 Å². The molecule has 0 bridgehead atoms. The zero-order chi connectivity index (χ0) is 11.7. The van der Waals surface area contributed by atoms with Gasteiger partial charge in [0.05, 0.1) is 28.2 Å². The molecule has 4 N–H and O–H groups in total. The van der Waals surface area contributed by atoms with Crippen molar-refractivity contribution in [2.24, 2.45) is 5.73 Å². The second-order valence-corrected chi connectivity index (χ2v) is 3.64. The van der Waals surface area contributed by atoms with Gasteiger partial charge in [-0.05, 0) is 12.1 Å². The zero-order valence-electron chi connectivity index (χ0n) is 8.22. The van der Waals surface area contributed by atoms with Crippen LogP contribution in [-0.4, -0.2) is 15.7 Å². The Morgan fingerprint density at radius 2 is 2.19 bits per heavy atom. The molecule has 16 heavy (non-hydrogen) atoms. The largest absolute Gasteiger partial charge is 0.396 e. The molecule has 0 fully saturated rings. The summed E-state index contributed by atoms with van der Waals surface area (Å²) in [4.78, 5) is 11.1. The van der Waals surface area contributed by atoms with Gasteiger partial charge in [0, 0.05) is 6.20 Å². The second kappa shape index (κ2) is 3.86. The van der Waals surface area contributed by atoms with Crippen LogP contribution in [0.4, 0.5) is 5.69 Å². The van der Waals surface area contributed by atoms with E-state index in [0.29, 0.717) is 10.7 Å². The van der Waals surface area contributed by atoms with Crippen LogP contribution in [0.25, 0.3) is 5.69 Å². The van der Waals surface area contributed by atoms with Crippen LogP contribution in [0.15, 0.2) is 30.6 Å². The van der Waals surface area contributed by atoms with Gasteiger partial charge >= 0.3 is 0 Å². The number of hydrogen-bond donors (Lipinski definition) is 2. The van der Waals surface area contributed by atoms with E-state index < -0.39 is 5.91 Å². The topological polar surface area (TPSA) is 86.9 Å². The molecule has 1 amide bonds. The minimum Gasteiger partial charge on any atom is -0.396 e. The first-order valence-corrected chi connectivity index (χ1v) is 4.86. The summed E-state index contributed by atoms with van der Waals surface area (Å²) < 4.78 is 1.49. The monoisotopic (exact) mass is 236 g/mol. The van der Waals surface area contributed by atoms with Gasteiger partial charge in [0.25, 0.3) is 5.91 Å². The van der Waals surface area contributed by atoms with E-state index in [4.69, 9.17) is 23.1 Å². The number of nitrogens with zero attached hydrogens (tertiary/aromatic N) is 2. The number of carbonyl (C=O) groups is 1. The molecule has 0 unspecified atom stereocenters. The predicted molar refractivity (Wildman–Crippen MR) is 61.5 cm³/mol. The molecule has 0 aliphatic heterocycles. The van der Waals surface area contributed by atoms with Gasteiger partial charge in [0.15, 0.2) is 0 Å². The Morgan fingerprint density at radius 1 is 1.44 bits per heavy atom. The first kappa shape index (κ1) is 10.5. The Balaban J connectivity index is 2.58. The highest BCUT2D eigenvalue weighted by Gasteiger charge is 2.11. The fourth-order valence-electron chi connectivity index (χ4n) is 1.40. The lowest BCUT2D eigenvalue weighted by Crippen LogP contribution is -2.15. The van der Waals surface area contributed by atoms with E-state index in [1.54, 1.807) is 24.4 Å². The number of amides is 1. The van der Waals surface area contributed by atoms with Crippen molar-refractivity contribution in [1.82, 2.24) is 9.78 Å². The van der Waals surface area contributed by atoms with Crippen LogP contribution in [0.1, 0.15) is 10.4 Å². The minimum atomic E-state index is -0.572. The van der Waals surface area contributed by atoms with Crippen molar-refractivity contribution in [3.63, 3.8) is 0 Å². The van der Waals surface area contributed by atoms with Gasteiger partial charge in [-0.1, -0.05) is 17.7 Å². The molecule has 0 radical (unpaired) electrons. The third-order valence-corrected chi connectivity index (χ3v) is 2.34. The molecular formula is C10H9ClN4O. The molecule has 0 spiro atoms. The summed E-state index contributed by atoms with van der Waals surface area (Å²) in [5.74, 6) is -0.572. The molecule has 0 saturated carbocycles. The van der Waals surface area contributed by atoms with Crippen molar-refractivity contribution in [2.45, 2.75) is 0 Å². The average Bonchev–Trinajstić information content (AvgIpc) is 2.64. The third-order valence-electron chi connectivity index (χ3n) is 2.15. The highest BCUT2D eigenvalue weighted by Crippen LogP contribution is 2.21. The molecule has 82 valence electrons. The maximum atomic E-state index is 11.1. The number of halogens is 1. The van der Waals surface area contributed by atoms with E-state index in [2.05, 4.69) is 5.10 Å².